The summed E-state index contributed by atoms with van der Waals surface area (Å²) in [7, 11) is -4.23. The normalized spacial score (nSPS) is 12.0. The molecule has 0 spiro atoms. The summed E-state index contributed by atoms with van der Waals surface area (Å²) in [5.41, 5.74) is -0.632. The molecule has 1 aromatic rings. The molecule has 0 radical (unpaired) electrons. The fraction of sp³-hybridized carbons (Fsp3) is 0.500. The Morgan fingerprint density at radius 3 is 2.21 bits per heavy atom. The van der Waals surface area contributed by atoms with Crippen molar-refractivity contribution in [1.29, 1.82) is 0 Å². The highest BCUT2D eigenvalue weighted by molar-refractivity contribution is 7.86. The zero-order valence-electron chi connectivity index (χ0n) is 13.6. The van der Waals surface area contributed by atoms with Gasteiger partial charge in [0.15, 0.2) is 17.2 Å². The molecule has 136 valence electrons. The molecule has 0 aromatic heterocycles. The average molecular weight is 363 g/mol. The number of rotatable bonds is 6. The number of ether oxygens (including phenoxy) is 1. The number of carbonyl (C=O) groups excluding carboxylic acids is 1. The first kappa shape index (κ1) is 19.8. The van der Waals surface area contributed by atoms with Gasteiger partial charge >= 0.3 is 6.09 Å². The Balaban J connectivity index is 2.49. The number of hydrogen-bond donors (Lipinski definition) is 4. The highest BCUT2D eigenvalue weighted by Gasteiger charge is 2.20. The molecule has 0 aliphatic rings. The van der Waals surface area contributed by atoms with Crippen molar-refractivity contribution in [2.45, 2.75) is 37.7 Å². The first-order valence-corrected chi connectivity index (χ1v) is 8.44. The third kappa shape index (κ3) is 6.13. The van der Waals surface area contributed by atoms with Crippen molar-refractivity contribution in [2.75, 3.05) is 13.2 Å². The minimum atomic E-state index is -4.23. The van der Waals surface area contributed by atoms with Gasteiger partial charge in [-0.15, -0.1) is 0 Å². The lowest BCUT2D eigenvalue weighted by Crippen LogP contribution is -2.33. The summed E-state index contributed by atoms with van der Waals surface area (Å²) in [6.45, 7) is 5.04. The van der Waals surface area contributed by atoms with Crippen LogP contribution in [-0.4, -0.2) is 48.6 Å². The molecular weight excluding hydrogens is 342 g/mol. The Labute approximate surface area is 140 Å². The lowest BCUT2D eigenvalue weighted by molar-refractivity contribution is 0.0526. The largest absolute Gasteiger partial charge is 0.504 e. The van der Waals surface area contributed by atoms with Crippen LogP contribution in [0.2, 0.25) is 0 Å². The third-order valence-corrected chi connectivity index (χ3v) is 3.85. The van der Waals surface area contributed by atoms with Gasteiger partial charge in [-0.2, -0.15) is 8.42 Å². The summed E-state index contributed by atoms with van der Waals surface area (Å²) >= 11 is 0. The van der Waals surface area contributed by atoms with Crippen molar-refractivity contribution >= 4 is 16.2 Å². The molecule has 0 unspecified atom stereocenters. The van der Waals surface area contributed by atoms with Crippen LogP contribution in [0.25, 0.3) is 0 Å². The predicted octanol–water partition coefficient (Wildman–Crippen LogP) is 1.42. The van der Waals surface area contributed by atoms with Gasteiger partial charge in [0.25, 0.3) is 10.1 Å². The van der Waals surface area contributed by atoms with Gasteiger partial charge in [0, 0.05) is 18.7 Å². The molecule has 0 aliphatic carbocycles. The van der Waals surface area contributed by atoms with Gasteiger partial charge in [0.1, 0.15) is 10.5 Å². The molecule has 1 rings (SSSR count). The molecule has 0 fully saturated rings. The average Bonchev–Trinajstić information content (AvgIpc) is 2.41. The molecular formula is C14H21NO8S. The minimum Gasteiger partial charge on any atom is -0.504 e. The van der Waals surface area contributed by atoms with Crippen LogP contribution in [0.5, 0.6) is 17.2 Å². The molecule has 10 heteroatoms. The van der Waals surface area contributed by atoms with Crippen LogP contribution < -0.4 is 5.32 Å². The first-order valence-electron chi connectivity index (χ1n) is 7.03. The molecule has 4 N–H and O–H groups in total. The van der Waals surface area contributed by atoms with Crippen molar-refractivity contribution in [1.82, 2.24) is 5.32 Å². The highest BCUT2D eigenvalue weighted by atomic mass is 32.2. The number of carbonyl (C=O) groups is 1. The number of amides is 1. The summed E-state index contributed by atoms with van der Waals surface area (Å²) in [5, 5.41) is 30.3. The Hall–Kier alpha value is -2.20. The smallest absolute Gasteiger partial charge is 0.407 e. The molecule has 0 aliphatic heterocycles. The number of phenolic OH excluding ortho intramolecular Hbond substituents is 3. The van der Waals surface area contributed by atoms with Crippen LogP contribution in [0, 0.1) is 0 Å². The number of alkyl carbamates (subject to hydrolysis) is 1. The molecule has 0 saturated heterocycles. The quantitative estimate of drug-likeness (QED) is 0.338. The lowest BCUT2D eigenvalue weighted by Gasteiger charge is -2.19. The maximum atomic E-state index is 11.9. The van der Waals surface area contributed by atoms with E-state index in [9.17, 15) is 28.5 Å². The van der Waals surface area contributed by atoms with E-state index in [4.69, 9.17) is 8.92 Å². The number of phenols is 3. The van der Waals surface area contributed by atoms with Gasteiger partial charge in [0.05, 0.1) is 6.61 Å². The Kier molecular flexibility index (Phi) is 6.27. The number of nitrogens with one attached hydrogen (secondary N) is 1. The summed E-state index contributed by atoms with van der Waals surface area (Å²) in [6.07, 6.45) is -0.437. The van der Waals surface area contributed by atoms with Crippen LogP contribution in [0.15, 0.2) is 17.0 Å². The zero-order valence-corrected chi connectivity index (χ0v) is 14.4. The standard InChI is InChI=1S/C14H21NO8S/c1-14(2,3)23-13(19)15-5-4-6-22-24(20,21)9-7-10(16)12(18)11(17)8-9/h7-8,16-18H,4-6H2,1-3H3,(H,15,19). The van der Waals surface area contributed by atoms with E-state index in [0.29, 0.717) is 0 Å². The van der Waals surface area contributed by atoms with E-state index < -0.39 is 44.0 Å². The first-order chi connectivity index (χ1) is 10.9. The number of hydrogen-bond acceptors (Lipinski definition) is 8. The zero-order chi connectivity index (χ0) is 18.5. The molecule has 24 heavy (non-hydrogen) atoms. The maximum Gasteiger partial charge on any atom is 0.407 e. The van der Waals surface area contributed by atoms with E-state index in [-0.39, 0.29) is 19.6 Å². The third-order valence-electron chi connectivity index (χ3n) is 2.56. The van der Waals surface area contributed by atoms with Gasteiger partial charge in [-0.3, -0.25) is 4.18 Å². The number of aromatic hydroxyl groups is 3. The molecule has 1 amide bonds. The molecule has 0 heterocycles. The molecule has 0 atom stereocenters. The summed E-state index contributed by atoms with van der Waals surface area (Å²) in [6, 6.07) is 1.51. The van der Waals surface area contributed by atoms with Crippen molar-refractivity contribution in [3.8, 4) is 17.2 Å². The van der Waals surface area contributed by atoms with Gasteiger partial charge in [-0.25, -0.2) is 4.79 Å². The van der Waals surface area contributed by atoms with E-state index >= 15 is 0 Å². The molecule has 0 saturated carbocycles. The van der Waals surface area contributed by atoms with Crippen molar-refractivity contribution in [3.05, 3.63) is 12.1 Å². The second-order valence-corrected chi connectivity index (χ2v) is 7.48. The van der Waals surface area contributed by atoms with E-state index in [1.807, 2.05) is 0 Å². The van der Waals surface area contributed by atoms with Crippen LogP contribution in [0.4, 0.5) is 4.79 Å². The summed E-state index contributed by atoms with van der Waals surface area (Å²) in [5.74, 6) is -2.40. The topological polar surface area (TPSA) is 142 Å². The maximum absolute atomic E-state index is 11.9. The molecule has 1 aromatic carbocycles. The van der Waals surface area contributed by atoms with Crippen molar-refractivity contribution < 1.29 is 37.5 Å². The van der Waals surface area contributed by atoms with E-state index in [2.05, 4.69) is 5.32 Å². The van der Waals surface area contributed by atoms with E-state index in [1.54, 1.807) is 20.8 Å². The van der Waals surface area contributed by atoms with Crippen LogP contribution in [-0.2, 0) is 19.0 Å². The predicted molar refractivity (Wildman–Crippen MR) is 83.4 cm³/mol. The second kappa shape index (κ2) is 7.58. The van der Waals surface area contributed by atoms with Gasteiger partial charge < -0.3 is 25.4 Å². The Morgan fingerprint density at radius 1 is 1.17 bits per heavy atom. The second-order valence-electron chi connectivity index (χ2n) is 5.87. The molecule has 0 bridgehead atoms. The summed E-state index contributed by atoms with van der Waals surface area (Å²) < 4.78 is 33.5. The van der Waals surface area contributed by atoms with Gasteiger partial charge in [-0.1, -0.05) is 0 Å². The lowest BCUT2D eigenvalue weighted by atomic mass is 10.2. The highest BCUT2D eigenvalue weighted by Crippen LogP contribution is 2.37. The number of benzene rings is 1. The minimum absolute atomic E-state index is 0.135. The van der Waals surface area contributed by atoms with E-state index in [0.717, 1.165) is 12.1 Å². The van der Waals surface area contributed by atoms with Crippen LogP contribution >= 0.6 is 0 Å². The Bertz CT molecular complexity index is 670. The van der Waals surface area contributed by atoms with Gasteiger partial charge in [-0.05, 0) is 27.2 Å². The SMILES string of the molecule is CC(C)(C)OC(=O)NCCCOS(=O)(=O)c1cc(O)c(O)c(O)c1. The van der Waals surface area contributed by atoms with Crippen LogP contribution in [0.3, 0.4) is 0 Å². The fourth-order valence-electron chi connectivity index (χ4n) is 1.54. The fourth-order valence-corrected chi connectivity index (χ4v) is 2.52. The van der Waals surface area contributed by atoms with Crippen molar-refractivity contribution in [2.24, 2.45) is 0 Å². The van der Waals surface area contributed by atoms with Crippen molar-refractivity contribution in [3.63, 3.8) is 0 Å². The Morgan fingerprint density at radius 2 is 1.71 bits per heavy atom. The molecule has 9 nitrogen and oxygen atoms in total. The summed E-state index contributed by atoms with van der Waals surface area (Å²) in [4.78, 5) is 10.9. The van der Waals surface area contributed by atoms with Crippen LogP contribution in [0.1, 0.15) is 27.2 Å². The monoisotopic (exact) mass is 363 g/mol. The van der Waals surface area contributed by atoms with E-state index in [1.165, 1.54) is 0 Å². The van der Waals surface area contributed by atoms with Gasteiger partial charge in [0.2, 0.25) is 0 Å².